The fraction of sp³-hybridized carbons (Fsp3) is 0.727. The Labute approximate surface area is 150 Å². The molecule has 2 unspecified atom stereocenters. The molecule has 3 nitrogen and oxygen atoms in total. The van der Waals surface area contributed by atoms with Crippen molar-refractivity contribution in [1.29, 1.82) is 0 Å². The van der Waals surface area contributed by atoms with Gasteiger partial charge >= 0.3 is 0 Å². The van der Waals surface area contributed by atoms with Gasteiger partial charge in [-0.05, 0) is 75.0 Å². The van der Waals surface area contributed by atoms with E-state index in [1.165, 1.54) is 56.5 Å². The molecule has 2 saturated carbocycles. The third-order valence-electron chi connectivity index (χ3n) is 8.09. The number of benzene rings is 1. The number of hydrogen-bond acceptors (Lipinski definition) is 3. The van der Waals surface area contributed by atoms with Crippen molar-refractivity contribution < 1.29 is 9.47 Å². The highest BCUT2D eigenvalue weighted by molar-refractivity contribution is 5.58. The Morgan fingerprint density at radius 2 is 2.12 bits per heavy atom. The summed E-state index contributed by atoms with van der Waals surface area (Å²) in [6.07, 6.45) is 8.35. The predicted octanol–water partition coefficient (Wildman–Crippen LogP) is 3.46. The molecule has 1 saturated heterocycles. The highest BCUT2D eigenvalue weighted by Crippen LogP contribution is 2.63. The summed E-state index contributed by atoms with van der Waals surface area (Å²) in [5.74, 6) is 2.95. The molecule has 2 aliphatic heterocycles. The van der Waals surface area contributed by atoms with Crippen LogP contribution in [0.25, 0.3) is 0 Å². The molecule has 0 aromatic heterocycles. The second kappa shape index (κ2) is 5.01. The summed E-state index contributed by atoms with van der Waals surface area (Å²) < 4.78 is 12.6. The maximum absolute atomic E-state index is 6.70. The second-order valence-corrected chi connectivity index (χ2v) is 9.24. The summed E-state index contributed by atoms with van der Waals surface area (Å²) in [5.41, 5.74) is 4.70. The molecule has 5 atom stereocenters. The minimum atomic E-state index is 0.221. The molecule has 0 amide bonds. The first kappa shape index (κ1) is 15.0. The predicted molar refractivity (Wildman–Crippen MR) is 97.2 cm³/mol. The summed E-state index contributed by atoms with van der Waals surface area (Å²) in [6, 6.07) is 5.41. The average Bonchev–Trinajstić information content (AvgIpc) is 3.37. The van der Waals surface area contributed by atoms with Crippen LogP contribution >= 0.6 is 0 Å². The van der Waals surface area contributed by atoms with E-state index in [9.17, 15) is 0 Å². The van der Waals surface area contributed by atoms with Crippen molar-refractivity contribution in [3.8, 4) is 5.75 Å². The molecule has 5 aliphatic rings. The van der Waals surface area contributed by atoms with Gasteiger partial charge in [0.05, 0.1) is 6.10 Å². The molecule has 2 bridgehead atoms. The molecule has 1 spiro atoms. The summed E-state index contributed by atoms with van der Waals surface area (Å²) >= 11 is 0. The van der Waals surface area contributed by atoms with Crippen molar-refractivity contribution in [3.63, 3.8) is 0 Å². The smallest absolute Gasteiger partial charge is 0.135 e. The van der Waals surface area contributed by atoms with E-state index in [0.29, 0.717) is 0 Å². The van der Waals surface area contributed by atoms with E-state index in [0.717, 1.165) is 24.3 Å². The Bertz CT molecular complexity index is 727. The van der Waals surface area contributed by atoms with E-state index in [2.05, 4.69) is 24.0 Å². The van der Waals surface area contributed by atoms with Crippen LogP contribution in [-0.2, 0) is 16.6 Å². The molecule has 0 radical (unpaired) electrons. The van der Waals surface area contributed by atoms with E-state index < -0.39 is 0 Å². The van der Waals surface area contributed by atoms with Gasteiger partial charge in [-0.2, -0.15) is 0 Å². The second-order valence-electron chi connectivity index (χ2n) is 9.24. The van der Waals surface area contributed by atoms with Gasteiger partial charge in [0.2, 0.25) is 0 Å². The fourth-order valence-electron chi connectivity index (χ4n) is 6.83. The fourth-order valence-corrected chi connectivity index (χ4v) is 6.83. The van der Waals surface area contributed by atoms with E-state index in [1.807, 2.05) is 7.11 Å². The Hall–Kier alpha value is -1.06. The summed E-state index contributed by atoms with van der Waals surface area (Å²) in [7, 11) is 1.88. The lowest BCUT2D eigenvalue weighted by molar-refractivity contribution is -0.116. The molecular weight excluding hydrogens is 310 g/mol. The number of nitrogens with zero attached hydrogens (tertiary/aromatic N) is 1. The number of hydrogen-bond donors (Lipinski definition) is 0. The number of aryl methyl sites for hydroxylation is 1. The largest absolute Gasteiger partial charge is 0.486 e. The Kier molecular flexibility index (Phi) is 3.02. The van der Waals surface area contributed by atoms with E-state index in [1.54, 1.807) is 11.1 Å². The average molecular weight is 339 g/mol. The van der Waals surface area contributed by atoms with Gasteiger partial charge in [-0.1, -0.05) is 12.1 Å². The van der Waals surface area contributed by atoms with Crippen molar-refractivity contribution in [2.45, 2.75) is 69.1 Å². The van der Waals surface area contributed by atoms with Gasteiger partial charge in [-0.25, -0.2) is 0 Å². The van der Waals surface area contributed by atoms with Crippen molar-refractivity contribution in [2.24, 2.45) is 11.8 Å². The van der Waals surface area contributed by atoms with Crippen LogP contribution in [0.15, 0.2) is 12.1 Å². The summed E-state index contributed by atoms with van der Waals surface area (Å²) in [4.78, 5) is 2.86. The molecule has 134 valence electrons. The minimum Gasteiger partial charge on any atom is -0.486 e. The molecule has 3 aliphatic carbocycles. The summed E-state index contributed by atoms with van der Waals surface area (Å²) in [6.45, 7) is 4.81. The lowest BCUT2D eigenvalue weighted by atomic mass is 9.51. The number of methoxy groups -OCH3 is 1. The standard InChI is InChI=1S/C22H29NO2/c1-13-3-6-15-11-17-16-7-8-18(24-2)21-22(16,19(15)20(13)25-21)9-10-23(17)12-14-4-5-14/h3,6,14,16-18,21H,4-5,7-12H2,1-2H3/t16?,17-,18?,21+,22+/m1/s1. The normalized spacial score (nSPS) is 41.4. The van der Waals surface area contributed by atoms with Crippen LogP contribution in [0.5, 0.6) is 5.75 Å². The molecule has 3 heteroatoms. The van der Waals surface area contributed by atoms with Crippen LogP contribution < -0.4 is 4.74 Å². The Morgan fingerprint density at radius 1 is 1.24 bits per heavy atom. The van der Waals surface area contributed by atoms with Crippen LogP contribution in [0.4, 0.5) is 0 Å². The zero-order valence-electron chi connectivity index (χ0n) is 15.5. The first-order chi connectivity index (χ1) is 12.2. The quantitative estimate of drug-likeness (QED) is 0.842. The lowest BCUT2D eigenvalue weighted by Crippen LogP contribution is -2.67. The topological polar surface area (TPSA) is 21.7 Å². The molecule has 1 aromatic carbocycles. The number of likely N-dealkylation sites (tertiary alicyclic amines) is 1. The molecule has 25 heavy (non-hydrogen) atoms. The van der Waals surface area contributed by atoms with Gasteiger partial charge < -0.3 is 9.47 Å². The van der Waals surface area contributed by atoms with Crippen molar-refractivity contribution >= 4 is 0 Å². The van der Waals surface area contributed by atoms with E-state index >= 15 is 0 Å². The number of ether oxygens (including phenoxy) is 2. The van der Waals surface area contributed by atoms with Gasteiger partial charge in [-0.3, -0.25) is 4.90 Å². The molecule has 2 heterocycles. The maximum atomic E-state index is 6.70. The lowest BCUT2D eigenvalue weighted by Gasteiger charge is -2.59. The minimum absolute atomic E-state index is 0.221. The van der Waals surface area contributed by atoms with Gasteiger partial charge in [0.25, 0.3) is 0 Å². The zero-order valence-corrected chi connectivity index (χ0v) is 15.5. The molecule has 6 rings (SSSR count). The third kappa shape index (κ3) is 1.84. The monoisotopic (exact) mass is 339 g/mol. The van der Waals surface area contributed by atoms with Gasteiger partial charge in [0.1, 0.15) is 11.9 Å². The Morgan fingerprint density at radius 3 is 2.92 bits per heavy atom. The molecule has 3 fully saturated rings. The van der Waals surface area contributed by atoms with Gasteiger partial charge in [0, 0.05) is 30.7 Å². The number of rotatable bonds is 3. The number of piperidine rings is 1. The first-order valence-corrected chi connectivity index (χ1v) is 10.3. The third-order valence-corrected chi connectivity index (χ3v) is 8.09. The molecule has 1 aromatic rings. The SMILES string of the molecule is COC1CCC2[C@H]3Cc4ccc(C)c5c4[C@@]2(CCN3CC2CC2)[C@H]1O5. The van der Waals surface area contributed by atoms with E-state index in [-0.39, 0.29) is 17.6 Å². The van der Waals surface area contributed by atoms with Crippen molar-refractivity contribution in [2.75, 3.05) is 20.2 Å². The van der Waals surface area contributed by atoms with E-state index in [4.69, 9.17) is 9.47 Å². The van der Waals surface area contributed by atoms with Crippen LogP contribution in [0.3, 0.4) is 0 Å². The summed E-state index contributed by atoms with van der Waals surface area (Å²) in [5, 5.41) is 0. The van der Waals surface area contributed by atoms with Crippen molar-refractivity contribution in [1.82, 2.24) is 4.90 Å². The van der Waals surface area contributed by atoms with Gasteiger partial charge in [-0.15, -0.1) is 0 Å². The molecular formula is C22H29NO2. The van der Waals surface area contributed by atoms with Crippen LogP contribution in [0.2, 0.25) is 0 Å². The highest BCUT2D eigenvalue weighted by Gasteiger charge is 2.65. The highest BCUT2D eigenvalue weighted by atomic mass is 16.5. The Balaban J connectivity index is 1.51. The maximum Gasteiger partial charge on any atom is 0.135 e. The zero-order chi connectivity index (χ0) is 16.8. The van der Waals surface area contributed by atoms with Crippen LogP contribution in [0.1, 0.15) is 48.8 Å². The first-order valence-electron chi connectivity index (χ1n) is 10.3. The molecule has 0 N–H and O–H groups in total. The van der Waals surface area contributed by atoms with Crippen LogP contribution in [-0.4, -0.2) is 43.3 Å². The van der Waals surface area contributed by atoms with Gasteiger partial charge in [0.15, 0.2) is 0 Å². The van der Waals surface area contributed by atoms with Crippen molar-refractivity contribution in [3.05, 3.63) is 28.8 Å². The van der Waals surface area contributed by atoms with Crippen LogP contribution in [0, 0.1) is 18.8 Å².